The molecule has 0 unspecified atom stereocenters. The number of nitrogens with zero attached hydrogens (tertiary/aromatic N) is 3. The van der Waals surface area contributed by atoms with Crippen molar-refractivity contribution in [2.45, 2.75) is 20.0 Å². The van der Waals surface area contributed by atoms with Crippen molar-refractivity contribution in [2.24, 2.45) is 4.99 Å². The standard InChI is InChI=1S/C18H22N4O2/c1-14-8-4-5-10-16(14)13-21(3)18(19-2)20-12-15-9-6-7-11-17(15)22(23)24/h4-11H,12-13H2,1-3H3,(H,19,20). The van der Waals surface area contributed by atoms with Crippen LogP contribution in [0.4, 0.5) is 5.69 Å². The molecule has 0 heterocycles. The molecule has 24 heavy (non-hydrogen) atoms. The van der Waals surface area contributed by atoms with Crippen molar-refractivity contribution >= 4 is 11.6 Å². The Bertz CT molecular complexity index is 743. The summed E-state index contributed by atoms with van der Waals surface area (Å²) in [6.45, 7) is 3.14. The third-order valence-corrected chi connectivity index (χ3v) is 3.87. The number of nitro groups is 1. The molecule has 0 bridgehead atoms. The maximum Gasteiger partial charge on any atom is 0.274 e. The monoisotopic (exact) mass is 326 g/mol. The maximum atomic E-state index is 11.1. The van der Waals surface area contributed by atoms with E-state index in [1.807, 2.05) is 24.1 Å². The van der Waals surface area contributed by atoms with Gasteiger partial charge in [-0.05, 0) is 18.1 Å². The van der Waals surface area contributed by atoms with Gasteiger partial charge in [-0.2, -0.15) is 0 Å². The predicted octanol–water partition coefficient (Wildman–Crippen LogP) is 3.11. The number of rotatable bonds is 5. The molecule has 2 rings (SSSR count). The lowest BCUT2D eigenvalue weighted by molar-refractivity contribution is -0.385. The lowest BCUT2D eigenvalue weighted by Crippen LogP contribution is -2.38. The van der Waals surface area contributed by atoms with E-state index in [1.54, 1.807) is 25.2 Å². The number of nitrogens with one attached hydrogen (secondary N) is 1. The van der Waals surface area contributed by atoms with Gasteiger partial charge in [-0.15, -0.1) is 0 Å². The van der Waals surface area contributed by atoms with Crippen molar-refractivity contribution in [1.82, 2.24) is 10.2 Å². The molecule has 126 valence electrons. The molecule has 0 aliphatic carbocycles. The minimum atomic E-state index is -0.364. The summed E-state index contributed by atoms with van der Waals surface area (Å²) in [7, 11) is 3.65. The first-order valence-electron chi connectivity index (χ1n) is 7.71. The molecule has 1 N–H and O–H groups in total. The summed E-state index contributed by atoms with van der Waals surface area (Å²) in [6, 6.07) is 14.9. The lowest BCUT2D eigenvalue weighted by atomic mass is 10.1. The molecule has 0 amide bonds. The van der Waals surface area contributed by atoms with Crippen LogP contribution in [0.5, 0.6) is 0 Å². The fourth-order valence-electron chi connectivity index (χ4n) is 2.52. The Hall–Kier alpha value is -2.89. The van der Waals surface area contributed by atoms with E-state index in [2.05, 4.69) is 29.4 Å². The van der Waals surface area contributed by atoms with Crippen LogP contribution in [0.1, 0.15) is 16.7 Å². The van der Waals surface area contributed by atoms with E-state index in [-0.39, 0.29) is 10.6 Å². The number of guanidine groups is 1. The Morgan fingerprint density at radius 3 is 2.42 bits per heavy atom. The number of hydrogen-bond acceptors (Lipinski definition) is 3. The van der Waals surface area contributed by atoms with Crippen LogP contribution in [0, 0.1) is 17.0 Å². The molecule has 0 atom stereocenters. The van der Waals surface area contributed by atoms with Gasteiger partial charge in [-0.3, -0.25) is 15.1 Å². The van der Waals surface area contributed by atoms with Crippen LogP contribution in [-0.4, -0.2) is 29.9 Å². The van der Waals surface area contributed by atoms with Crippen LogP contribution in [0.3, 0.4) is 0 Å². The van der Waals surface area contributed by atoms with Gasteiger partial charge in [0.25, 0.3) is 5.69 Å². The average Bonchev–Trinajstić information content (AvgIpc) is 2.57. The van der Waals surface area contributed by atoms with E-state index < -0.39 is 0 Å². The molecule has 0 radical (unpaired) electrons. The highest BCUT2D eigenvalue weighted by atomic mass is 16.6. The number of benzene rings is 2. The molecular weight excluding hydrogens is 304 g/mol. The Morgan fingerprint density at radius 1 is 1.17 bits per heavy atom. The van der Waals surface area contributed by atoms with Crippen LogP contribution in [0.15, 0.2) is 53.5 Å². The quantitative estimate of drug-likeness (QED) is 0.397. The number of aryl methyl sites for hydroxylation is 1. The third kappa shape index (κ3) is 4.32. The van der Waals surface area contributed by atoms with Gasteiger partial charge in [0.1, 0.15) is 0 Å². The molecule has 6 nitrogen and oxygen atoms in total. The summed E-state index contributed by atoms with van der Waals surface area (Å²) in [5.41, 5.74) is 3.18. The Balaban J connectivity index is 2.05. The minimum absolute atomic E-state index is 0.113. The van der Waals surface area contributed by atoms with Gasteiger partial charge < -0.3 is 10.2 Å². The summed E-state index contributed by atoms with van der Waals surface area (Å²) >= 11 is 0. The zero-order chi connectivity index (χ0) is 17.5. The summed E-state index contributed by atoms with van der Waals surface area (Å²) < 4.78 is 0. The first kappa shape index (κ1) is 17.5. The van der Waals surface area contributed by atoms with E-state index in [0.29, 0.717) is 24.6 Å². The Morgan fingerprint density at radius 2 is 1.79 bits per heavy atom. The lowest BCUT2D eigenvalue weighted by Gasteiger charge is -2.23. The summed E-state index contributed by atoms with van der Waals surface area (Å²) in [6.07, 6.45) is 0. The third-order valence-electron chi connectivity index (χ3n) is 3.87. The smallest absolute Gasteiger partial charge is 0.274 e. The first-order valence-corrected chi connectivity index (χ1v) is 7.71. The minimum Gasteiger partial charge on any atom is -0.352 e. The fraction of sp³-hybridized carbons (Fsp3) is 0.278. The molecule has 0 aliphatic heterocycles. The topological polar surface area (TPSA) is 70.8 Å². The van der Waals surface area contributed by atoms with Crippen molar-refractivity contribution in [3.63, 3.8) is 0 Å². The van der Waals surface area contributed by atoms with E-state index >= 15 is 0 Å². The summed E-state index contributed by atoms with van der Waals surface area (Å²) in [5.74, 6) is 0.691. The molecule has 0 saturated heterocycles. The van der Waals surface area contributed by atoms with Crippen LogP contribution >= 0.6 is 0 Å². The highest BCUT2D eigenvalue weighted by molar-refractivity contribution is 5.79. The molecule has 0 aliphatic rings. The molecule has 6 heteroatoms. The summed E-state index contributed by atoms with van der Waals surface area (Å²) in [5, 5.41) is 14.3. The van der Waals surface area contributed by atoms with Crippen LogP contribution < -0.4 is 5.32 Å². The SMILES string of the molecule is CN=C(NCc1ccccc1[N+](=O)[O-])N(C)Cc1ccccc1C. The van der Waals surface area contributed by atoms with E-state index in [9.17, 15) is 10.1 Å². The molecule has 0 aromatic heterocycles. The van der Waals surface area contributed by atoms with Gasteiger partial charge in [0.15, 0.2) is 5.96 Å². The van der Waals surface area contributed by atoms with E-state index in [0.717, 1.165) is 0 Å². The van der Waals surface area contributed by atoms with Gasteiger partial charge in [0.2, 0.25) is 0 Å². The molecular formula is C18H22N4O2. The van der Waals surface area contributed by atoms with E-state index in [1.165, 1.54) is 17.2 Å². The molecule has 2 aromatic carbocycles. The van der Waals surface area contributed by atoms with E-state index in [4.69, 9.17) is 0 Å². The number of nitro benzene ring substituents is 1. The van der Waals surface area contributed by atoms with Crippen molar-refractivity contribution in [1.29, 1.82) is 0 Å². The van der Waals surface area contributed by atoms with Gasteiger partial charge in [0.05, 0.1) is 4.92 Å². The van der Waals surface area contributed by atoms with Gasteiger partial charge in [-0.25, -0.2) is 0 Å². The Kier molecular flexibility index (Phi) is 5.89. The zero-order valence-electron chi connectivity index (χ0n) is 14.2. The van der Waals surface area contributed by atoms with Crippen LogP contribution in [-0.2, 0) is 13.1 Å². The largest absolute Gasteiger partial charge is 0.352 e. The predicted molar refractivity (Wildman–Crippen MR) is 95.9 cm³/mol. The molecule has 0 spiro atoms. The maximum absolute atomic E-state index is 11.1. The highest BCUT2D eigenvalue weighted by Gasteiger charge is 2.14. The van der Waals surface area contributed by atoms with Gasteiger partial charge in [-0.1, -0.05) is 42.5 Å². The number of para-hydroxylation sites is 1. The first-order chi connectivity index (χ1) is 11.5. The molecule has 0 saturated carbocycles. The average molecular weight is 326 g/mol. The van der Waals surface area contributed by atoms with Gasteiger partial charge in [0, 0.05) is 38.8 Å². The van der Waals surface area contributed by atoms with Crippen LogP contribution in [0.2, 0.25) is 0 Å². The zero-order valence-corrected chi connectivity index (χ0v) is 14.2. The second-order valence-electron chi connectivity index (χ2n) is 5.57. The van der Waals surface area contributed by atoms with Crippen molar-refractivity contribution in [2.75, 3.05) is 14.1 Å². The normalized spacial score (nSPS) is 11.2. The highest BCUT2D eigenvalue weighted by Crippen LogP contribution is 2.17. The molecule has 2 aromatic rings. The van der Waals surface area contributed by atoms with Crippen LogP contribution in [0.25, 0.3) is 0 Å². The van der Waals surface area contributed by atoms with Gasteiger partial charge >= 0.3 is 0 Å². The second-order valence-corrected chi connectivity index (χ2v) is 5.57. The summed E-state index contributed by atoms with van der Waals surface area (Å²) in [4.78, 5) is 17.0. The second kappa shape index (κ2) is 8.10. The van der Waals surface area contributed by atoms with Crippen molar-refractivity contribution in [3.8, 4) is 0 Å². The van der Waals surface area contributed by atoms with Crippen molar-refractivity contribution in [3.05, 3.63) is 75.3 Å². The van der Waals surface area contributed by atoms with Crippen molar-refractivity contribution < 1.29 is 4.92 Å². The number of aliphatic imine (C=N–C) groups is 1. The Labute approximate surface area is 142 Å². The number of hydrogen-bond donors (Lipinski definition) is 1. The fourth-order valence-corrected chi connectivity index (χ4v) is 2.52. The molecule has 0 fully saturated rings.